The second-order valence-corrected chi connectivity index (χ2v) is 6.06. The topological polar surface area (TPSA) is 18.5 Å². The van der Waals surface area contributed by atoms with Crippen molar-refractivity contribution in [2.75, 3.05) is 7.11 Å². The Balaban J connectivity index is 1.55. The van der Waals surface area contributed by atoms with Gasteiger partial charge < -0.3 is 9.47 Å². The summed E-state index contributed by atoms with van der Waals surface area (Å²) in [6, 6.07) is 17.0. The molecule has 0 spiro atoms. The maximum Gasteiger partial charge on any atom is 0.119 e. The van der Waals surface area contributed by atoms with E-state index >= 15 is 0 Å². The molecule has 2 aliphatic heterocycles. The van der Waals surface area contributed by atoms with E-state index in [2.05, 4.69) is 48.5 Å². The molecule has 2 bridgehead atoms. The number of benzene rings is 2. The molecule has 5 rings (SSSR count). The number of fused-ring (bicyclic) bond motifs is 8. The van der Waals surface area contributed by atoms with Crippen molar-refractivity contribution in [2.45, 2.75) is 12.2 Å². The summed E-state index contributed by atoms with van der Waals surface area (Å²) >= 11 is 0. The molecule has 104 valence electrons. The highest BCUT2D eigenvalue weighted by atomic mass is 16.5. The third kappa shape index (κ3) is 1.41. The van der Waals surface area contributed by atoms with Gasteiger partial charge in [0.2, 0.25) is 0 Å². The quantitative estimate of drug-likeness (QED) is 0.820. The number of hydrogen-bond donors (Lipinski definition) is 0. The molecule has 21 heavy (non-hydrogen) atoms. The van der Waals surface area contributed by atoms with Crippen LogP contribution in [0.3, 0.4) is 0 Å². The van der Waals surface area contributed by atoms with Crippen molar-refractivity contribution in [3.63, 3.8) is 0 Å². The molecule has 0 unspecified atom stereocenters. The molecule has 1 aliphatic carbocycles. The predicted octanol–water partition coefficient (Wildman–Crippen LogP) is 4.15. The Bertz CT molecular complexity index is 762. The molecule has 4 atom stereocenters. The molecule has 2 heteroatoms. The van der Waals surface area contributed by atoms with Crippen LogP contribution in [0.1, 0.15) is 28.9 Å². The van der Waals surface area contributed by atoms with Gasteiger partial charge >= 0.3 is 0 Å². The number of hydrogen-bond acceptors (Lipinski definition) is 2. The molecule has 1 saturated heterocycles. The fourth-order valence-electron chi connectivity index (χ4n) is 4.15. The van der Waals surface area contributed by atoms with Gasteiger partial charge in [-0.1, -0.05) is 42.5 Å². The Labute approximate surface area is 124 Å². The van der Waals surface area contributed by atoms with Gasteiger partial charge in [-0.2, -0.15) is 0 Å². The first-order valence-electron chi connectivity index (χ1n) is 7.47. The van der Waals surface area contributed by atoms with Gasteiger partial charge in [-0.15, -0.1) is 0 Å². The van der Waals surface area contributed by atoms with Gasteiger partial charge in [0.15, 0.2) is 0 Å². The van der Waals surface area contributed by atoms with E-state index in [9.17, 15) is 0 Å². The van der Waals surface area contributed by atoms with Gasteiger partial charge in [0.1, 0.15) is 5.75 Å². The fraction of sp³-hybridized carbons (Fsp3) is 0.263. The lowest BCUT2D eigenvalue weighted by Gasteiger charge is -2.38. The van der Waals surface area contributed by atoms with Gasteiger partial charge in [-0.05, 0) is 34.4 Å². The smallest absolute Gasteiger partial charge is 0.119 e. The summed E-state index contributed by atoms with van der Waals surface area (Å²) in [6.07, 6.45) is 2.90. The number of rotatable bonds is 2. The molecule has 3 aliphatic rings. The zero-order chi connectivity index (χ0) is 14.0. The van der Waals surface area contributed by atoms with Crippen LogP contribution in [0.15, 0.2) is 54.6 Å². The van der Waals surface area contributed by atoms with Gasteiger partial charge in [0.05, 0.1) is 19.3 Å². The molecule has 2 nitrogen and oxygen atoms in total. The van der Waals surface area contributed by atoms with Gasteiger partial charge in [-0.3, -0.25) is 0 Å². The van der Waals surface area contributed by atoms with E-state index in [1.54, 1.807) is 7.11 Å². The number of methoxy groups -OCH3 is 1. The van der Waals surface area contributed by atoms with Crippen molar-refractivity contribution in [1.82, 2.24) is 0 Å². The average molecular weight is 276 g/mol. The maximum atomic E-state index is 6.25. The van der Waals surface area contributed by atoms with E-state index < -0.39 is 0 Å². The Morgan fingerprint density at radius 3 is 2.57 bits per heavy atom. The van der Waals surface area contributed by atoms with Crippen LogP contribution in [0, 0.1) is 11.8 Å². The van der Waals surface area contributed by atoms with Crippen molar-refractivity contribution in [1.29, 1.82) is 0 Å². The molecule has 2 aromatic carbocycles. The van der Waals surface area contributed by atoms with E-state index in [1.807, 2.05) is 6.07 Å². The molecular formula is C19H16O2. The van der Waals surface area contributed by atoms with E-state index in [4.69, 9.17) is 9.47 Å². The van der Waals surface area contributed by atoms with Crippen LogP contribution in [0.2, 0.25) is 0 Å². The summed E-state index contributed by atoms with van der Waals surface area (Å²) < 4.78 is 11.6. The maximum absolute atomic E-state index is 6.25. The highest BCUT2D eigenvalue weighted by molar-refractivity contribution is 5.77. The largest absolute Gasteiger partial charge is 0.497 e. The molecule has 2 heterocycles. The van der Waals surface area contributed by atoms with Crippen molar-refractivity contribution in [2.24, 2.45) is 11.8 Å². The van der Waals surface area contributed by atoms with Crippen molar-refractivity contribution < 1.29 is 9.47 Å². The Morgan fingerprint density at radius 2 is 1.76 bits per heavy atom. The third-order valence-electron chi connectivity index (χ3n) is 5.13. The molecule has 2 aromatic rings. The van der Waals surface area contributed by atoms with E-state index in [-0.39, 0.29) is 12.2 Å². The summed E-state index contributed by atoms with van der Waals surface area (Å²) in [5, 5.41) is 0. The first-order valence-corrected chi connectivity index (χ1v) is 7.47. The lowest BCUT2D eigenvalue weighted by Crippen LogP contribution is -2.29. The highest BCUT2D eigenvalue weighted by Gasteiger charge is 2.56. The first kappa shape index (κ1) is 11.6. The fourth-order valence-corrected chi connectivity index (χ4v) is 4.15. The second kappa shape index (κ2) is 3.99. The van der Waals surface area contributed by atoms with Crippen LogP contribution in [0.4, 0.5) is 0 Å². The SMILES string of the molecule is COc1cccc(C2=C[C@H]3[C@@H]2[C@H]2O[C@@H]3c3ccccc32)c1. The molecule has 1 fully saturated rings. The minimum absolute atomic E-state index is 0.238. The van der Waals surface area contributed by atoms with E-state index in [1.165, 1.54) is 22.3 Å². The zero-order valence-corrected chi connectivity index (χ0v) is 11.8. The minimum atomic E-state index is 0.238. The van der Waals surface area contributed by atoms with Crippen LogP contribution in [0.5, 0.6) is 5.75 Å². The molecule has 0 radical (unpaired) electrons. The number of ether oxygens (including phenoxy) is 2. The van der Waals surface area contributed by atoms with Gasteiger partial charge in [0, 0.05) is 11.8 Å². The average Bonchev–Trinajstić information content (AvgIpc) is 2.99. The summed E-state index contributed by atoms with van der Waals surface area (Å²) in [5.74, 6) is 1.98. The molecular weight excluding hydrogens is 260 g/mol. The van der Waals surface area contributed by atoms with Gasteiger partial charge in [-0.25, -0.2) is 0 Å². The third-order valence-corrected chi connectivity index (χ3v) is 5.13. The second-order valence-electron chi connectivity index (χ2n) is 6.06. The highest BCUT2D eigenvalue weighted by Crippen LogP contribution is 2.66. The van der Waals surface area contributed by atoms with Crippen LogP contribution < -0.4 is 4.74 Å². The Kier molecular flexibility index (Phi) is 2.20. The first-order chi connectivity index (χ1) is 10.4. The predicted molar refractivity (Wildman–Crippen MR) is 81.0 cm³/mol. The van der Waals surface area contributed by atoms with Crippen LogP contribution in [-0.2, 0) is 4.74 Å². The summed E-state index contributed by atoms with van der Waals surface area (Å²) in [4.78, 5) is 0. The molecule has 0 aromatic heterocycles. The lowest BCUT2D eigenvalue weighted by atomic mass is 9.63. The zero-order valence-electron chi connectivity index (χ0n) is 11.8. The van der Waals surface area contributed by atoms with Crippen LogP contribution >= 0.6 is 0 Å². The summed E-state index contributed by atoms with van der Waals surface area (Å²) in [7, 11) is 1.72. The Hall–Kier alpha value is -2.06. The van der Waals surface area contributed by atoms with E-state index in [0.29, 0.717) is 11.8 Å². The summed E-state index contributed by atoms with van der Waals surface area (Å²) in [5.41, 5.74) is 5.46. The van der Waals surface area contributed by atoms with Gasteiger partial charge in [0.25, 0.3) is 0 Å². The normalized spacial score (nSPS) is 31.2. The van der Waals surface area contributed by atoms with Crippen molar-refractivity contribution in [3.05, 3.63) is 71.3 Å². The van der Waals surface area contributed by atoms with E-state index in [0.717, 1.165) is 5.75 Å². The minimum Gasteiger partial charge on any atom is -0.497 e. The van der Waals surface area contributed by atoms with Crippen LogP contribution in [0.25, 0.3) is 5.57 Å². The Morgan fingerprint density at radius 1 is 0.952 bits per heavy atom. The standard InChI is InChI=1S/C19H16O2/c1-20-12-6-4-5-11(9-12)15-10-16-17(15)19-14-8-3-2-7-13(14)18(16)21-19/h2-10,16-19H,1H3/t16-,17+,18+,19-/m0/s1. The molecule has 0 N–H and O–H groups in total. The van der Waals surface area contributed by atoms with Crippen molar-refractivity contribution in [3.8, 4) is 5.75 Å². The van der Waals surface area contributed by atoms with Crippen molar-refractivity contribution >= 4 is 5.57 Å². The molecule has 0 amide bonds. The summed E-state index contributed by atoms with van der Waals surface area (Å²) in [6.45, 7) is 0. The van der Waals surface area contributed by atoms with Crippen LogP contribution in [-0.4, -0.2) is 7.11 Å². The monoisotopic (exact) mass is 276 g/mol. The lowest BCUT2D eigenvalue weighted by molar-refractivity contribution is 0.0626. The molecule has 0 saturated carbocycles.